The third-order valence-electron chi connectivity index (χ3n) is 3.37. The minimum absolute atomic E-state index is 0.0610. The summed E-state index contributed by atoms with van der Waals surface area (Å²) in [6, 6.07) is 8.12. The third-order valence-corrected chi connectivity index (χ3v) is 3.37. The first-order valence-corrected chi connectivity index (χ1v) is 6.28. The van der Waals surface area contributed by atoms with Gasteiger partial charge in [0.05, 0.1) is 13.2 Å². The summed E-state index contributed by atoms with van der Waals surface area (Å²) in [6.45, 7) is 0. The smallest absolute Gasteiger partial charge is 0.119 e. The van der Waals surface area contributed by atoms with Crippen molar-refractivity contribution in [2.24, 2.45) is 5.11 Å². The summed E-state index contributed by atoms with van der Waals surface area (Å²) in [5.74, 6) is 0.843. The second kappa shape index (κ2) is 6.17. The third kappa shape index (κ3) is 3.08. The second-order valence-electron chi connectivity index (χ2n) is 4.54. The lowest BCUT2D eigenvalue weighted by Crippen LogP contribution is -2.34. The van der Waals surface area contributed by atoms with E-state index in [4.69, 9.17) is 10.3 Å². The molecule has 18 heavy (non-hydrogen) atoms. The van der Waals surface area contributed by atoms with Crippen LogP contribution in [0.1, 0.15) is 25.7 Å². The Morgan fingerprint density at radius 2 is 2.00 bits per heavy atom. The van der Waals surface area contributed by atoms with E-state index in [0.29, 0.717) is 0 Å². The molecule has 1 aromatic carbocycles. The van der Waals surface area contributed by atoms with Crippen LogP contribution in [-0.2, 0) is 0 Å². The fraction of sp³-hybridized carbons (Fsp3) is 0.538. The van der Waals surface area contributed by atoms with Gasteiger partial charge in [0.2, 0.25) is 0 Å². The maximum atomic E-state index is 8.58. The summed E-state index contributed by atoms with van der Waals surface area (Å²) < 4.78 is 5.12. The van der Waals surface area contributed by atoms with Crippen LogP contribution < -0.4 is 10.1 Å². The molecule has 1 saturated carbocycles. The minimum Gasteiger partial charge on any atom is -0.497 e. The summed E-state index contributed by atoms with van der Waals surface area (Å²) >= 11 is 0. The summed E-state index contributed by atoms with van der Waals surface area (Å²) in [6.07, 6.45) is 4.35. The van der Waals surface area contributed by atoms with Crippen LogP contribution in [0.5, 0.6) is 5.75 Å². The average molecular weight is 246 g/mol. The molecule has 1 aliphatic rings. The van der Waals surface area contributed by atoms with E-state index >= 15 is 0 Å². The summed E-state index contributed by atoms with van der Waals surface area (Å²) in [7, 11) is 1.65. The number of hydrogen-bond acceptors (Lipinski definition) is 3. The highest BCUT2D eigenvalue weighted by molar-refractivity contribution is 5.47. The molecule has 1 fully saturated rings. The van der Waals surface area contributed by atoms with Crippen molar-refractivity contribution in [3.8, 4) is 5.75 Å². The van der Waals surface area contributed by atoms with E-state index < -0.39 is 0 Å². The highest BCUT2D eigenvalue weighted by atomic mass is 16.5. The summed E-state index contributed by atoms with van der Waals surface area (Å²) in [4.78, 5) is 2.94. The van der Waals surface area contributed by atoms with E-state index in [1.165, 1.54) is 6.42 Å². The number of ether oxygens (including phenoxy) is 1. The molecule has 5 nitrogen and oxygen atoms in total. The minimum atomic E-state index is 0.0610. The van der Waals surface area contributed by atoms with Gasteiger partial charge in [0, 0.05) is 16.6 Å². The molecule has 0 radical (unpaired) electrons. The Morgan fingerprint density at radius 1 is 1.28 bits per heavy atom. The second-order valence-corrected chi connectivity index (χ2v) is 4.54. The molecule has 5 heteroatoms. The maximum Gasteiger partial charge on any atom is 0.119 e. The molecule has 96 valence electrons. The van der Waals surface area contributed by atoms with Crippen LogP contribution >= 0.6 is 0 Å². The van der Waals surface area contributed by atoms with Gasteiger partial charge in [-0.1, -0.05) is 18.0 Å². The van der Waals surface area contributed by atoms with Crippen molar-refractivity contribution < 1.29 is 4.74 Å². The van der Waals surface area contributed by atoms with Gasteiger partial charge in [0.25, 0.3) is 0 Å². The Bertz CT molecular complexity index is 425. The number of nitrogens with one attached hydrogen (secondary N) is 1. The number of methoxy groups -OCH3 is 1. The number of hydrogen-bond donors (Lipinski definition) is 1. The fourth-order valence-corrected chi connectivity index (χ4v) is 2.39. The molecule has 0 saturated heterocycles. The van der Waals surface area contributed by atoms with Gasteiger partial charge >= 0.3 is 0 Å². The Labute approximate surface area is 107 Å². The number of anilines is 1. The fourth-order valence-electron chi connectivity index (χ4n) is 2.39. The highest BCUT2D eigenvalue weighted by Crippen LogP contribution is 2.25. The van der Waals surface area contributed by atoms with Crippen molar-refractivity contribution in [1.82, 2.24) is 0 Å². The molecule has 0 unspecified atom stereocenters. The van der Waals surface area contributed by atoms with Crippen LogP contribution in [0, 0.1) is 0 Å². The molecule has 1 N–H and O–H groups in total. The first-order valence-electron chi connectivity index (χ1n) is 6.28. The van der Waals surface area contributed by atoms with Gasteiger partial charge in [-0.05, 0) is 42.6 Å². The lowest BCUT2D eigenvalue weighted by Gasteiger charge is -2.29. The van der Waals surface area contributed by atoms with Crippen LogP contribution in [0.3, 0.4) is 0 Å². The Hall–Kier alpha value is -1.87. The average Bonchev–Trinajstić information content (AvgIpc) is 2.42. The molecule has 0 amide bonds. The zero-order chi connectivity index (χ0) is 12.8. The Balaban J connectivity index is 2.03. The zero-order valence-corrected chi connectivity index (χ0v) is 10.5. The van der Waals surface area contributed by atoms with Crippen molar-refractivity contribution in [3.63, 3.8) is 0 Å². The number of rotatable bonds is 4. The standard InChI is InChI=1S/C13H18N4O/c1-18-11-8-6-10(7-9-11)15-12-4-2-3-5-13(12)16-17-14/h6-9,12-13,15H,2-5H2,1H3/t12-,13-/m1/s1. The molecule has 0 aromatic heterocycles. The SMILES string of the molecule is COc1ccc(N[C@@H]2CCCC[C@H]2N=[N+]=[N-])cc1. The van der Waals surface area contributed by atoms with Gasteiger partial charge in [0.15, 0.2) is 0 Å². The van der Waals surface area contributed by atoms with Gasteiger partial charge in [-0.2, -0.15) is 0 Å². The molecule has 1 aliphatic carbocycles. The largest absolute Gasteiger partial charge is 0.497 e. The van der Waals surface area contributed by atoms with E-state index in [-0.39, 0.29) is 12.1 Å². The Kier molecular flexibility index (Phi) is 4.31. The van der Waals surface area contributed by atoms with Gasteiger partial charge in [-0.15, -0.1) is 0 Å². The normalized spacial score (nSPS) is 22.9. The molecule has 2 atom stereocenters. The maximum absolute atomic E-state index is 8.58. The predicted molar refractivity (Wildman–Crippen MR) is 71.8 cm³/mol. The molecule has 1 aromatic rings. The van der Waals surface area contributed by atoms with E-state index in [9.17, 15) is 0 Å². The number of benzene rings is 1. The van der Waals surface area contributed by atoms with Crippen molar-refractivity contribution in [1.29, 1.82) is 0 Å². The van der Waals surface area contributed by atoms with E-state index in [1.54, 1.807) is 7.11 Å². The molecule has 0 aliphatic heterocycles. The molecular weight excluding hydrogens is 228 g/mol. The predicted octanol–water partition coefficient (Wildman–Crippen LogP) is 3.73. The van der Waals surface area contributed by atoms with Crippen LogP contribution in [0.15, 0.2) is 29.4 Å². The van der Waals surface area contributed by atoms with Crippen LogP contribution in [-0.4, -0.2) is 19.2 Å². The summed E-state index contributed by atoms with van der Waals surface area (Å²) in [5, 5.41) is 7.33. The quantitative estimate of drug-likeness (QED) is 0.499. The van der Waals surface area contributed by atoms with Crippen molar-refractivity contribution in [2.45, 2.75) is 37.8 Å². The van der Waals surface area contributed by atoms with E-state index in [2.05, 4.69) is 15.3 Å². The topological polar surface area (TPSA) is 70.0 Å². The van der Waals surface area contributed by atoms with Gasteiger partial charge in [0.1, 0.15) is 5.75 Å². The number of nitrogens with zero attached hydrogens (tertiary/aromatic N) is 3. The zero-order valence-electron chi connectivity index (χ0n) is 10.5. The first-order chi connectivity index (χ1) is 8.83. The van der Waals surface area contributed by atoms with Crippen LogP contribution in [0.2, 0.25) is 0 Å². The van der Waals surface area contributed by atoms with Crippen LogP contribution in [0.25, 0.3) is 10.4 Å². The van der Waals surface area contributed by atoms with Gasteiger partial charge in [-0.25, -0.2) is 0 Å². The lowest BCUT2D eigenvalue weighted by molar-refractivity contribution is 0.403. The van der Waals surface area contributed by atoms with Crippen molar-refractivity contribution in [2.75, 3.05) is 12.4 Å². The molecule has 0 heterocycles. The monoisotopic (exact) mass is 246 g/mol. The molecule has 0 bridgehead atoms. The molecule has 0 spiro atoms. The molecule has 2 rings (SSSR count). The highest BCUT2D eigenvalue weighted by Gasteiger charge is 2.23. The van der Waals surface area contributed by atoms with Gasteiger partial charge in [-0.3, -0.25) is 0 Å². The summed E-state index contributed by atoms with van der Waals surface area (Å²) in [5.41, 5.74) is 9.63. The van der Waals surface area contributed by atoms with Crippen molar-refractivity contribution >= 4 is 5.69 Å². The van der Waals surface area contributed by atoms with E-state index in [0.717, 1.165) is 30.7 Å². The van der Waals surface area contributed by atoms with E-state index in [1.807, 2.05) is 24.3 Å². The Morgan fingerprint density at radius 3 is 2.67 bits per heavy atom. The lowest BCUT2D eigenvalue weighted by atomic mass is 9.91. The number of azide groups is 1. The van der Waals surface area contributed by atoms with Crippen LogP contribution in [0.4, 0.5) is 5.69 Å². The van der Waals surface area contributed by atoms with Crippen molar-refractivity contribution in [3.05, 3.63) is 34.7 Å². The first kappa shape index (κ1) is 12.6. The van der Waals surface area contributed by atoms with Gasteiger partial charge < -0.3 is 10.1 Å². The molecular formula is C13H18N4O.